The summed E-state index contributed by atoms with van der Waals surface area (Å²) in [5.41, 5.74) is 0. The summed E-state index contributed by atoms with van der Waals surface area (Å²) in [5.74, 6) is -3.94. The van der Waals surface area contributed by atoms with Crippen molar-refractivity contribution >= 4 is 16.0 Å². The molecule has 9 heteroatoms. The SMILES string of the molecule is O=C(O)C1CC2CCC1N2S(=O)(=O)CC(F)(F)F. The van der Waals surface area contributed by atoms with Crippen LogP contribution in [0.1, 0.15) is 19.3 Å². The number of hydrogen-bond donors (Lipinski definition) is 1. The van der Waals surface area contributed by atoms with Crippen LogP contribution in [-0.2, 0) is 14.8 Å². The number of carboxylic acids is 1. The molecule has 2 saturated heterocycles. The minimum atomic E-state index is -4.81. The number of fused-ring (bicyclic) bond motifs is 2. The Hall–Kier alpha value is -0.830. The Bertz CT molecular complexity index is 461. The summed E-state index contributed by atoms with van der Waals surface area (Å²) in [7, 11) is -4.48. The molecule has 1 N–H and O–H groups in total. The Balaban J connectivity index is 2.23. The van der Waals surface area contributed by atoms with Crippen molar-refractivity contribution in [3.8, 4) is 0 Å². The second-order valence-electron chi connectivity index (χ2n) is 4.68. The molecule has 0 aliphatic carbocycles. The van der Waals surface area contributed by atoms with Gasteiger partial charge in [-0.1, -0.05) is 0 Å². The molecule has 0 aromatic carbocycles. The van der Waals surface area contributed by atoms with Crippen molar-refractivity contribution in [2.45, 2.75) is 37.5 Å². The summed E-state index contributed by atoms with van der Waals surface area (Å²) in [6.45, 7) is 0. The number of hydrogen-bond acceptors (Lipinski definition) is 3. The van der Waals surface area contributed by atoms with Crippen LogP contribution in [0, 0.1) is 5.92 Å². The van der Waals surface area contributed by atoms with Crippen LogP contribution in [0.5, 0.6) is 0 Å². The first kappa shape index (κ1) is 13.6. The van der Waals surface area contributed by atoms with Crippen molar-refractivity contribution in [1.82, 2.24) is 4.31 Å². The van der Waals surface area contributed by atoms with E-state index in [1.807, 2.05) is 0 Å². The summed E-state index contributed by atoms with van der Waals surface area (Å²) in [6.07, 6.45) is -3.94. The van der Waals surface area contributed by atoms with Gasteiger partial charge in [-0.25, -0.2) is 8.42 Å². The highest BCUT2D eigenvalue weighted by atomic mass is 32.2. The molecule has 0 spiro atoms. The van der Waals surface area contributed by atoms with E-state index in [2.05, 4.69) is 0 Å². The topological polar surface area (TPSA) is 74.7 Å². The van der Waals surface area contributed by atoms with E-state index in [0.29, 0.717) is 12.8 Å². The molecule has 2 aliphatic rings. The lowest BCUT2D eigenvalue weighted by atomic mass is 9.89. The Morgan fingerprint density at radius 1 is 1.33 bits per heavy atom. The standard InChI is InChI=1S/C9H12F3NO4S/c10-9(11,12)4-18(16,17)13-5-1-2-7(13)6(3-5)8(14)15/h5-7H,1-4H2,(H,14,15). The lowest BCUT2D eigenvalue weighted by Gasteiger charge is -2.23. The summed E-state index contributed by atoms with van der Waals surface area (Å²) < 4.78 is 60.8. The van der Waals surface area contributed by atoms with Crippen LogP contribution >= 0.6 is 0 Å². The van der Waals surface area contributed by atoms with Gasteiger partial charge in [-0.3, -0.25) is 4.79 Å². The summed E-state index contributed by atoms with van der Waals surface area (Å²) >= 11 is 0. The largest absolute Gasteiger partial charge is 0.481 e. The fourth-order valence-electron chi connectivity index (χ4n) is 2.92. The number of carbonyl (C=O) groups is 1. The number of halogens is 3. The van der Waals surface area contributed by atoms with Gasteiger partial charge in [0.2, 0.25) is 10.0 Å². The van der Waals surface area contributed by atoms with Crippen LogP contribution in [0.15, 0.2) is 0 Å². The summed E-state index contributed by atoms with van der Waals surface area (Å²) in [6, 6.07) is -1.41. The van der Waals surface area contributed by atoms with Gasteiger partial charge in [0.25, 0.3) is 0 Å². The van der Waals surface area contributed by atoms with E-state index in [-0.39, 0.29) is 6.42 Å². The molecule has 0 aromatic rings. The summed E-state index contributed by atoms with van der Waals surface area (Å²) in [4.78, 5) is 10.9. The highest BCUT2D eigenvalue weighted by Crippen LogP contribution is 2.44. The molecule has 0 saturated carbocycles. The molecule has 104 valence electrons. The third-order valence-corrected chi connectivity index (χ3v) is 5.36. The Labute approximate surface area is 102 Å². The smallest absolute Gasteiger partial charge is 0.404 e. The van der Waals surface area contributed by atoms with Crippen molar-refractivity contribution < 1.29 is 31.5 Å². The maximum atomic E-state index is 12.2. The highest BCUT2D eigenvalue weighted by Gasteiger charge is 2.55. The van der Waals surface area contributed by atoms with E-state index < -0.39 is 45.9 Å². The fourth-order valence-corrected chi connectivity index (χ4v) is 4.79. The average molecular weight is 287 g/mol. The Morgan fingerprint density at radius 3 is 2.39 bits per heavy atom. The van der Waals surface area contributed by atoms with Gasteiger partial charge < -0.3 is 5.11 Å². The number of rotatable bonds is 3. The van der Waals surface area contributed by atoms with E-state index in [1.54, 1.807) is 0 Å². The van der Waals surface area contributed by atoms with Gasteiger partial charge in [0.05, 0.1) is 5.92 Å². The lowest BCUT2D eigenvalue weighted by Crippen LogP contribution is -2.42. The van der Waals surface area contributed by atoms with Crippen molar-refractivity contribution in [2.75, 3.05) is 5.75 Å². The predicted octanol–water partition coefficient (Wildman–Crippen LogP) is 0.816. The second-order valence-corrected chi connectivity index (χ2v) is 6.55. The Morgan fingerprint density at radius 2 is 1.94 bits per heavy atom. The maximum absolute atomic E-state index is 12.2. The normalized spacial score (nSPS) is 32.9. The van der Waals surface area contributed by atoms with Crippen LogP contribution in [0.4, 0.5) is 13.2 Å². The van der Waals surface area contributed by atoms with Crippen molar-refractivity contribution in [3.05, 3.63) is 0 Å². The third-order valence-electron chi connectivity index (χ3n) is 3.46. The van der Waals surface area contributed by atoms with Crippen LogP contribution < -0.4 is 0 Å². The highest BCUT2D eigenvalue weighted by molar-refractivity contribution is 7.89. The fraction of sp³-hybridized carbons (Fsp3) is 0.889. The van der Waals surface area contributed by atoms with E-state index >= 15 is 0 Å². The number of nitrogens with zero attached hydrogens (tertiary/aromatic N) is 1. The molecule has 0 amide bonds. The zero-order valence-electron chi connectivity index (χ0n) is 9.22. The van der Waals surface area contributed by atoms with Crippen LogP contribution in [0.25, 0.3) is 0 Å². The summed E-state index contributed by atoms with van der Waals surface area (Å²) in [5, 5.41) is 8.91. The second kappa shape index (κ2) is 4.09. The lowest BCUT2D eigenvalue weighted by molar-refractivity contribution is -0.142. The molecule has 0 radical (unpaired) electrons. The van der Waals surface area contributed by atoms with Crippen LogP contribution in [0.3, 0.4) is 0 Å². The van der Waals surface area contributed by atoms with Crippen LogP contribution in [-0.4, -0.2) is 47.8 Å². The van der Waals surface area contributed by atoms with Gasteiger partial charge in [0.1, 0.15) is 0 Å². The third kappa shape index (κ3) is 2.33. The van der Waals surface area contributed by atoms with E-state index in [4.69, 9.17) is 5.11 Å². The molecule has 2 rings (SSSR count). The van der Waals surface area contributed by atoms with Gasteiger partial charge in [0.15, 0.2) is 5.75 Å². The monoisotopic (exact) mass is 287 g/mol. The Kier molecular flexibility index (Phi) is 3.09. The number of sulfonamides is 1. The maximum Gasteiger partial charge on any atom is 0.404 e. The molecule has 2 aliphatic heterocycles. The minimum absolute atomic E-state index is 0.108. The molecule has 5 nitrogen and oxygen atoms in total. The van der Waals surface area contributed by atoms with Gasteiger partial charge >= 0.3 is 12.1 Å². The minimum Gasteiger partial charge on any atom is -0.481 e. The number of alkyl halides is 3. The van der Waals surface area contributed by atoms with Crippen molar-refractivity contribution in [1.29, 1.82) is 0 Å². The predicted molar refractivity (Wildman–Crippen MR) is 54.2 cm³/mol. The first-order valence-electron chi connectivity index (χ1n) is 5.42. The molecule has 3 unspecified atom stereocenters. The molecule has 2 bridgehead atoms. The molecule has 18 heavy (non-hydrogen) atoms. The van der Waals surface area contributed by atoms with Gasteiger partial charge in [0, 0.05) is 12.1 Å². The molecule has 0 aromatic heterocycles. The van der Waals surface area contributed by atoms with E-state index in [1.165, 1.54) is 0 Å². The molecule has 2 fully saturated rings. The zero-order chi connectivity index (χ0) is 13.7. The van der Waals surface area contributed by atoms with E-state index in [0.717, 1.165) is 4.31 Å². The average Bonchev–Trinajstić information content (AvgIpc) is 2.69. The van der Waals surface area contributed by atoms with E-state index in [9.17, 15) is 26.4 Å². The number of aliphatic carboxylic acids is 1. The molecular weight excluding hydrogens is 275 g/mol. The van der Waals surface area contributed by atoms with Crippen molar-refractivity contribution in [2.24, 2.45) is 5.92 Å². The molecular formula is C9H12F3NO4S. The quantitative estimate of drug-likeness (QED) is 0.833. The van der Waals surface area contributed by atoms with Gasteiger partial charge in [-0.05, 0) is 19.3 Å². The first-order valence-corrected chi connectivity index (χ1v) is 7.03. The van der Waals surface area contributed by atoms with Crippen LogP contribution in [0.2, 0.25) is 0 Å². The van der Waals surface area contributed by atoms with Gasteiger partial charge in [-0.15, -0.1) is 0 Å². The van der Waals surface area contributed by atoms with Crippen molar-refractivity contribution in [3.63, 3.8) is 0 Å². The molecule has 3 atom stereocenters. The first-order chi connectivity index (χ1) is 8.12. The molecule has 2 heterocycles. The van der Waals surface area contributed by atoms with Gasteiger partial charge in [-0.2, -0.15) is 17.5 Å². The zero-order valence-corrected chi connectivity index (χ0v) is 10.0. The number of carboxylic acid groups (broad SMARTS) is 1.